The fraction of sp³-hybridized carbons (Fsp3) is 0.231. The summed E-state index contributed by atoms with van der Waals surface area (Å²) in [4.78, 5) is 0. The minimum absolute atomic E-state index is 0.730. The monoisotopic (exact) mass is 200 g/mol. The van der Waals surface area contributed by atoms with E-state index in [1.807, 2.05) is 12.1 Å². The molecule has 2 aromatic carbocycles. The second-order valence-electron chi connectivity index (χ2n) is 3.92. The number of nitrogen functional groups attached to an aromatic ring is 2. The van der Waals surface area contributed by atoms with Gasteiger partial charge in [0.2, 0.25) is 0 Å². The molecule has 0 radical (unpaired) electrons. The molecule has 0 fully saturated rings. The van der Waals surface area contributed by atoms with Gasteiger partial charge in [0.15, 0.2) is 0 Å². The van der Waals surface area contributed by atoms with Crippen molar-refractivity contribution < 1.29 is 0 Å². The lowest BCUT2D eigenvalue weighted by atomic mass is 10.0. The zero-order valence-electron chi connectivity index (χ0n) is 8.96. The van der Waals surface area contributed by atoms with E-state index >= 15 is 0 Å². The van der Waals surface area contributed by atoms with Crippen molar-refractivity contribution in [2.45, 2.75) is 19.8 Å². The Balaban J connectivity index is 2.60. The van der Waals surface area contributed by atoms with Crippen molar-refractivity contribution in [3.8, 4) is 0 Å². The normalized spacial score (nSPS) is 10.7. The molecule has 15 heavy (non-hydrogen) atoms. The maximum Gasteiger partial charge on any atom is 0.0414 e. The summed E-state index contributed by atoms with van der Waals surface area (Å²) < 4.78 is 0. The summed E-state index contributed by atoms with van der Waals surface area (Å²) in [5.41, 5.74) is 14.5. The summed E-state index contributed by atoms with van der Waals surface area (Å²) >= 11 is 0. The fourth-order valence-corrected chi connectivity index (χ4v) is 1.92. The van der Waals surface area contributed by atoms with Crippen molar-refractivity contribution in [2.75, 3.05) is 11.5 Å². The molecule has 0 aromatic heterocycles. The highest BCUT2D eigenvalue weighted by atomic mass is 14.6. The van der Waals surface area contributed by atoms with Crippen LogP contribution in [0.1, 0.15) is 18.9 Å². The van der Waals surface area contributed by atoms with Gasteiger partial charge in [-0.2, -0.15) is 0 Å². The van der Waals surface area contributed by atoms with Crippen LogP contribution in [0.5, 0.6) is 0 Å². The van der Waals surface area contributed by atoms with Crippen LogP contribution in [0.2, 0.25) is 0 Å². The largest absolute Gasteiger partial charge is 0.399 e. The molecule has 2 nitrogen and oxygen atoms in total. The van der Waals surface area contributed by atoms with Gasteiger partial charge in [-0.15, -0.1) is 0 Å². The maximum absolute atomic E-state index is 5.90. The zero-order chi connectivity index (χ0) is 10.8. The van der Waals surface area contributed by atoms with E-state index in [4.69, 9.17) is 11.5 Å². The number of anilines is 2. The molecule has 0 atom stereocenters. The summed E-state index contributed by atoms with van der Waals surface area (Å²) in [6.07, 6.45) is 2.26. The van der Waals surface area contributed by atoms with Crippen molar-refractivity contribution in [3.63, 3.8) is 0 Å². The molecule has 0 saturated carbocycles. The third-order valence-corrected chi connectivity index (χ3v) is 2.61. The first-order valence-corrected chi connectivity index (χ1v) is 5.28. The highest BCUT2D eigenvalue weighted by molar-refractivity contribution is 5.95. The smallest absolute Gasteiger partial charge is 0.0414 e. The predicted octanol–water partition coefficient (Wildman–Crippen LogP) is 2.96. The highest BCUT2D eigenvalue weighted by Crippen LogP contribution is 2.25. The Hall–Kier alpha value is -1.70. The quantitative estimate of drug-likeness (QED) is 0.732. The van der Waals surface area contributed by atoms with Crippen LogP contribution in [0, 0.1) is 0 Å². The van der Waals surface area contributed by atoms with Crippen molar-refractivity contribution in [3.05, 3.63) is 35.9 Å². The number of nitrogens with two attached hydrogens (primary N) is 2. The molecule has 0 aliphatic carbocycles. The number of aryl methyl sites for hydroxylation is 1. The van der Waals surface area contributed by atoms with E-state index in [1.54, 1.807) is 0 Å². The SMILES string of the molecule is CCCc1ccc2c(N)cc(N)cc2c1. The average Bonchev–Trinajstić information content (AvgIpc) is 2.17. The van der Waals surface area contributed by atoms with Gasteiger partial charge in [-0.25, -0.2) is 0 Å². The van der Waals surface area contributed by atoms with E-state index in [1.165, 1.54) is 5.56 Å². The fourth-order valence-electron chi connectivity index (χ4n) is 1.92. The van der Waals surface area contributed by atoms with Crippen molar-refractivity contribution in [2.24, 2.45) is 0 Å². The summed E-state index contributed by atoms with van der Waals surface area (Å²) in [5.74, 6) is 0. The summed E-state index contributed by atoms with van der Waals surface area (Å²) in [5, 5.41) is 2.22. The van der Waals surface area contributed by atoms with Gasteiger partial charge in [0.1, 0.15) is 0 Å². The van der Waals surface area contributed by atoms with Gasteiger partial charge in [0.05, 0.1) is 0 Å². The van der Waals surface area contributed by atoms with Gasteiger partial charge < -0.3 is 11.5 Å². The van der Waals surface area contributed by atoms with Crippen LogP contribution >= 0.6 is 0 Å². The topological polar surface area (TPSA) is 52.0 Å². The average molecular weight is 200 g/mol. The molecule has 0 spiro atoms. The molecular weight excluding hydrogens is 184 g/mol. The maximum atomic E-state index is 5.90. The van der Waals surface area contributed by atoms with Gasteiger partial charge in [0.25, 0.3) is 0 Å². The molecule has 2 aromatic rings. The van der Waals surface area contributed by atoms with Crippen LogP contribution in [0.25, 0.3) is 10.8 Å². The van der Waals surface area contributed by atoms with E-state index in [9.17, 15) is 0 Å². The molecule has 78 valence electrons. The van der Waals surface area contributed by atoms with Gasteiger partial charge >= 0.3 is 0 Å². The minimum Gasteiger partial charge on any atom is -0.399 e. The van der Waals surface area contributed by atoms with Crippen LogP contribution in [0.4, 0.5) is 11.4 Å². The first-order valence-electron chi connectivity index (χ1n) is 5.28. The third kappa shape index (κ3) is 1.89. The molecule has 2 rings (SSSR count). The van der Waals surface area contributed by atoms with Crippen LogP contribution < -0.4 is 11.5 Å². The Morgan fingerprint density at radius 3 is 2.60 bits per heavy atom. The van der Waals surface area contributed by atoms with Crippen LogP contribution in [0.15, 0.2) is 30.3 Å². The molecule has 0 amide bonds. The Morgan fingerprint density at radius 1 is 1.07 bits per heavy atom. The Kier molecular flexibility index (Phi) is 2.50. The van der Waals surface area contributed by atoms with E-state index in [0.29, 0.717) is 0 Å². The molecule has 0 heterocycles. The highest BCUT2D eigenvalue weighted by Gasteiger charge is 2.00. The molecular formula is C13H16N2. The lowest BCUT2D eigenvalue weighted by Gasteiger charge is -2.06. The first-order chi connectivity index (χ1) is 7.20. The molecule has 0 bridgehead atoms. The first kappa shape index (κ1) is 9.84. The molecule has 0 aliphatic heterocycles. The van der Waals surface area contributed by atoms with Crippen molar-refractivity contribution >= 4 is 22.1 Å². The minimum atomic E-state index is 0.730. The molecule has 0 aliphatic rings. The molecule has 4 N–H and O–H groups in total. The van der Waals surface area contributed by atoms with Gasteiger partial charge in [-0.1, -0.05) is 31.5 Å². The Labute approximate surface area is 89.9 Å². The van der Waals surface area contributed by atoms with Crippen LogP contribution in [0.3, 0.4) is 0 Å². The lowest BCUT2D eigenvalue weighted by Crippen LogP contribution is -1.92. The van der Waals surface area contributed by atoms with E-state index in [-0.39, 0.29) is 0 Å². The number of rotatable bonds is 2. The van der Waals surface area contributed by atoms with E-state index in [0.717, 1.165) is 35.0 Å². The zero-order valence-corrected chi connectivity index (χ0v) is 8.96. The number of fused-ring (bicyclic) bond motifs is 1. The van der Waals surface area contributed by atoms with E-state index in [2.05, 4.69) is 25.1 Å². The van der Waals surface area contributed by atoms with Crippen LogP contribution in [-0.4, -0.2) is 0 Å². The van der Waals surface area contributed by atoms with Crippen molar-refractivity contribution in [1.82, 2.24) is 0 Å². The predicted molar refractivity (Wildman–Crippen MR) is 66.8 cm³/mol. The summed E-state index contributed by atoms with van der Waals surface area (Å²) in [6, 6.07) is 10.2. The van der Waals surface area contributed by atoms with E-state index < -0.39 is 0 Å². The molecule has 0 saturated heterocycles. The standard InChI is InChI=1S/C13H16N2/c1-2-3-9-4-5-12-10(6-9)7-11(14)8-13(12)15/h4-8H,2-3,14-15H2,1H3. The third-order valence-electron chi connectivity index (χ3n) is 2.61. The second kappa shape index (κ2) is 3.81. The number of hydrogen-bond acceptors (Lipinski definition) is 2. The number of hydrogen-bond donors (Lipinski definition) is 2. The van der Waals surface area contributed by atoms with Crippen molar-refractivity contribution in [1.29, 1.82) is 0 Å². The Bertz CT molecular complexity index is 489. The van der Waals surface area contributed by atoms with Crippen LogP contribution in [-0.2, 0) is 6.42 Å². The lowest BCUT2D eigenvalue weighted by molar-refractivity contribution is 0.924. The molecule has 2 heteroatoms. The Morgan fingerprint density at radius 2 is 1.87 bits per heavy atom. The van der Waals surface area contributed by atoms with Gasteiger partial charge in [0, 0.05) is 16.8 Å². The number of benzene rings is 2. The van der Waals surface area contributed by atoms with Gasteiger partial charge in [-0.3, -0.25) is 0 Å². The summed E-state index contributed by atoms with van der Waals surface area (Å²) in [6.45, 7) is 2.18. The van der Waals surface area contributed by atoms with Gasteiger partial charge in [-0.05, 0) is 29.5 Å². The molecule has 0 unspecified atom stereocenters. The summed E-state index contributed by atoms with van der Waals surface area (Å²) in [7, 11) is 0. The second-order valence-corrected chi connectivity index (χ2v) is 3.92.